The van der Waals surface area contributed by atoms with Gasteiger partial charge >= 0.3 is 0 Å². The van der Waals surface area contributed by atoms with Crippen LogP contribution in [0.3, 0.4) is 0 Å². The smallest absolute Gasteiger partial charge is 0.0471 e. The zero-order valence-corrected chi connectivity index (χ0v) is 10.2. The third-order valence-electron chi connectivity index (χ3n) is 3.47. The maximum atomic E-state index is 5.87. The van der Waals surface area contributed by atoms with Crippen molar-refractivity contribution in [3.8, 4) is 0 Å². The second kappa shape index (κ2) is 6.46. The molecule has 3 heteroatoms. The molecule has 1 fully saturated rings. The largest absolute Gasteiger partial charge is 0.381 e. The van der Waals surface area contributed by atoms with Gasteiger partial charge in [-0.15, -0.1) is 0 Å². The quantitative estimate of drug-likeness (QED) is 0.659. The Labute approximate surface area is 93.8 Å². The average Bonchev–Trinajstić information content (AvgIpc) is 2.25. The topological polar surface area (TPSA) is 47.3 Å². The third kappa shape index (κ3) is 4.96. The highest BCUT2D eigenvalue weighted by Crippen LogP contribution is 2.28. The predicted octanol–water partition coefficient (Wildman–Crippen LogP) is 1.52. The monoisotopic (exact) mass is 214 g/mol. The molecule has 0 aromatic carbocycles. The van der Waals surface area contributed by atoms with E-state index in [1.165, 1.54) is 12.8 Å². The summed E-state index contributed by atoms with van der Waals surface area (Å²) in [6.07, 6.45) is 4.52. The van der Waals surface area contributed by atoms with Crippen molar-refractivity contribution >= 4 is 0 Å². The van der Waals surface area contributed by atoms with Gasteiger partial charge in [0.05, 0.1) is 0 Å². The van der Waals surface area contributed by atoms with E-state index in [1.807, 2.05) is 0 Å². The van der Waals surface area contributed by atoms with Gasteiger partial charge in [0, 0.05) is 25.8 Å². The number of nitrogens with two attached hydrogens (primary N) is 1. The molecule has 1 rings (SSSR count). The molecule has 1 atom stereocenters. The maximum Gasteiger partial charge on any atom is 0.0471 e. The molecule has 0 radical (unpaired) electrons. The van der Waals surface area contributed by atoms with E-state index in [9.17, 15) is 0 Å². The van der Waals surface area contributed by atoms with Crippen molar-refractivity contribution in [2.75, 3.05) is 26.3 Å². The van der Waals surface area contributed by atoms with Gasteiger partial charge in [-0.3, -0.25) is 0 Å². The minimum absolute atomic E-state index is 0.361. The van der Waals surface area contributed by atoms with Crippen LogP contribution in [0.15, 0.2) is 0 Å². The Kier molecular flexibility index (Phi) is 5.58. The zero-order chi connectivity index (χ0) is 11.1. The van der Waals surface area contributed by atoms with Gasteiger partial charge in [0.15, 0.2) is 0 Å². The fourth-order valence-corrected chi connectivity index (χ4v) is 1.92. The van der Waals surface area contributed by atoms with E-state index in [-0.39, 0.29) is 0 Å². The van der Waals surface area contributed by atoms with Crippen LogP contribution in [0.1, 0.15) is 39.5 Å². The Hall–Kier alpha value is -0.120. The molecule has 0 spiro atoms. The molecule has 0 amide bonds. The molecule has 15 heavy (non-hydrogen) atoms. The van der Waals surface area contributed by atoms with Gasteiger partial charge in [0.1, 0.15) is 0 Å². The summed E-state index contributed by atoms with van der Waals surface area (Å²) in [5.74, 6) is 0. The lowest BCUT2D eigenvalue weighted by Crippen LogP contribution is -2.38. The van der Waals surface area contributed by atoms with E-state index < -0.39 is 0 Å². The summed E-state index contributed by atoms with van der Waals surface area (Å²) < 4.78 is 5.38. The molecule has 0 bridgehead atoms. The van der Waals surface area contributed by atoms with E-state index in [1.54, 1.807) is 0 Å². The Balaban J connectivity index is 2.08. The standard InChI is InChI=1S/C12H26N2O/c1-3-11(13)4-7-14-10-12(2)5-8-15-9-6-12/h11,14H,3-10,13H2,1-2H3. The van der Waals surface area contributed by atoms with Crippen molar-refractivity contribution in [2.45, 2.75) is 45.6 Å². The molecule has 1 saturated heterocycles. The molecule has 1 aliphatic rings. The molecule has 3 nitrogen and oxygen atoms in total. The Morgan fingerprint density at radius 2 is 2.07 bits per heavy atom. The van der Waals surface area contributed by atoms with Crippen LogP contribution in [0.25, 0.3) is 0 Å². The molecule has 1 heterocycles. The van der Waals surface area contributed by atoms with E-state index in [4.69, 9.17) is 10.5 Å². The van der Waals surface area contributed by atoms with Crippen LogP contribution in [-0.4, -0.2) is 32.3 Å². The van der Waals surface area contributed by atoms with Crippen molar-refractivity contribution < 1.29 is 4.74 Å². The van der Waals surface area contributed by atoms with E-state index in [0.717, 1.165) is 39.1 Å². The predicted molar refractivity (Wildman–Crippen MR) is 63.9 cm³/mol. The van der Waals surface area contributed by atoms with Gasteiger partial charge in [-0.2, -0.15) is 0 Å². The summed E-state index contributed by atoms with van der Waals surface area (Å²) in [5.41, 5.74) is 6.30. The number of ether oxygens (including phenoxy) is 1. The lowest BCUT2D eigenvalue weighted by atomic mass is 9.82. The molecule has 3 N–H and O–H groups in total. The number of hydrogen-bond donors (Lipinski definition) is 2. The molecule has 0 aliphatic carbocycles. The summed E-state index contributed by atoms with van der Waals surface area (Å²) >= 11 is 0. The lowest BCUT2D eigenvalue weighted by molar-refractivity contribution is 0.0241. The first-order valence-electron chi connectivity index (χ1n) is 6.20. The van der Waals surface area contributed by atoms with Crippen molar-refractivity contribution in [1.82, 2.24) is 5.32 Å². The summed E-state index contributed by atoms with van der Waals surface area (Å²) in [7, 11) is 0. The van der Waals surface area contributed by atoms with Crippen molar-refractivity contribution in [3.05, 3.63) is 0 Å². The third-order valence-corrected chi connectivity index (χ3v) is 3.47. The Bertz CT molecular complexity index is 167. The lowest BCUT2D eigenvalue weighted by Gasteiger charge is -2.33. The van der Waals surface area contributed by atoms with Crippen LogP contribution < -0.4 is 11.1 Å². The summed E-state index contributed by atoms with van der Waals surface area (Å²) in [6, 6.07) is 0.361. The minimum Gasteiger partial charge on any atom is -0.381 e. The fraction of sp³-hybridized carbons (Fsp3) is 1.00. The molecule has 1 aliphatic heterocycles. The first kappa shape index (κ1) is 12.9. The summed E-state index contributed by atoms with van der Waals surface area (Å²) in [5, 5.41) is 3.53. The molecule has 1 unspecified atom stereocenters. The van der Waals surface area contributed by atoms with Crippen LogP contribution in [0.4, 0.5) is 0 Å². The average molecular weight is 214 g/mol. The molecular weight excluding hydrogens is 188 g/mol. The van der Waals surface area contributed by atoms with Crippen molar-refractivity contribution in [1.29, 1.82) is 0 Å². The van der Waals surface area contributed by atoms with Gasteiger partial charge in [-0.05, 0) is 37.6 Å². The van der Waals surface area contributed by atoms with Gasteiger partial charge in [0.25, 0.3) is 0 Å². The number of nitrogens with one attached hydrogen (secondary N) is 1. The van der Waals surface area contributed by atoms with E-state index in [0.29, 0.717) is 11.5 Å². The molecule has 0 saturated carbocycles. The summed E-state index contributed by atoms with van der Waals surface area (Å²) in [4.78, 5) is 0. The van der Waals surface area contributed by atoms with Gasteiger partial charge in [-0.25, -0.2) is 0 Å². The zero-order valence-electron chi connectivity index (χ0n) is 10.2. The van der Waals surface area contributed by atoms with Crippen molar-refractivity contribution in [3.63, 3.8) is 0 Å². The first-order chi connectivity index (χ1) is 7.16. The van der Waals surface area contributed by atoms with Crippen LogP contribution in [0, 0.1) is 5.41 Å². The molecule has 0 aromatic rings. The van der Waals surface area contributed by atoms with Crippen LogP contribution in [0.5, 0.6) is 0 Å². The molecule has 90 valence electrons. The van der Waals surface area contributed by atoms with E-state index in [2.05, 4.69) is 19.2 Å². The van der Waals surface area contributed by atoms with E-state index >= 15 is 0 Å². The molecular formula is C12H26N2O. The van der Waals surface area contributed by atoms with Crippen molar-refractivity contribution in [2.24, 2.45) is 11.1 Å². The normalized spacial score (nSPS) is 22.6. The van der Waals surface area contributed by atoms with Crippen LogP contribution in [-0.2, 0) is 4.74 Å². The highest BCUT2D eigenvalue weighted by atomic mass is 16.5. The second-order valence-corrected chi connectivity index (χ2v) is 5.06. The highest BCUT2D eigenvalue weighted by Gasteiger charge is 2.26. The maximum absolute atomic E-state index is 5.87. The fourth-order valence-electron chi connectivity index (χ4n) is 1.92. The van der Waals surface area contributed by atoms with Gasteiger partial charge in [-0.1, -0.05) is 13.8 Å². The van der Waals surface area contributed by atoms with Crippen LogP contribution >= 0.6 is 0 Å². The van der Waals surface area contributed by atoms with Gasteiger partial charge < -0.3 is 15.8 Å². The van der Waals surface area contributed by atoms with Gasteiger partial charge in [0.2, 0.25) is 0 Å². The first-order valence-corrected chi connectivity index (χ1v) is 6.20. The molecule has 0 aromatic heterocycles. The summed E-state index contributed by atoms with van der Waals surface area (Å²) in [6.45, 7) is 8.49. The van der Waals surface area contributed by atoms with Crippen LogP contribution in [0.2, 0.25) is 0 Å². The Morgan fingerprint density at radius 3 is 2.67 bits per heavy atom. The number of rotatable bonds is 6. The minimum atomic E-state index is 0.361. The second-order valence-electron chi connectivity index (χ2n) is 5.06. The number of hydrogen-bond acceptors (Lipinski definition) is 3. The SMILES string of the molecule is CCC(N)CCNCC1(C)CCOCC1. The highest BCUT2D eigenvalue weighted by molar-refractivity contribution is 4.79. The Morgan fingerprint density at radius 1 is 1.40 bits per heavy atom.